The van der Waals surface area contributed by atoms with Crippen LogP contribution in [0.5, 0.6) is 0 Å². The topological polar surface area (TPSA) is 60.9 Å². The molecule has 1 aromatic heterocycles. The van der Waals surface area contributed by atoms with Gasteiger partial charge in [-0.05, 0) is 31.0 Å². The van der Waals surface area contributed by atoms with Gasteiger partial charge in [-0.1, -0.05) is 42.0 Å². The van der Waals surface area contributed by atoms with E-state index in [-0.39, 0.29) is 0 Å². The third-order valence-corrected chi connectivity index (χ3v) is 3.61. The smallest absolute Gasteiger partial charge is 0.324 e. The number of imidazole rings is 1. The van der Waals surface area contributed by atoms with E-state index < -0.39 is 6.03 Å². The van der Waals surface area contributed by atoms with Gasteiger partial charge in [0, 0.05) is 6.42 Å². The molecular weight excluding hydrogens is 262 g/mol. The van der Waals surface area contributed by atoms with Gasteiger partial charge >= 0.3 is 6.03 Å². The van der Waals surface area contributed by atoms with Gasteiger partial charge in [0.2, 0.25) is 0 Å². The highest BCUT2D eigenvalue weighted by Gasteiger charge is 2.13. The minimum atomic E-state index is -0.484. The second kappa shape index (κ2) is 5.40. The molecule has 2 N–H and O–H groups in total. The maximum absolute atomic E-state index is 11.7. The number of hydrogen-bond donors (Lipinski definition) is 1. The zero-order valence-corrected chi connectivity index (χ0v) is 11.9. The zero-order valence-electron chi connectivity index (χ0n) is 11.9. The standard InChI is InChI=1S/C17H17N3O/c1-12-6-8-13(9-7-12)10-11-16-19-14-4-2-3-5-15(14)20(16)17(18)21/h2-9H,10-11H2,1H3,(H2,18,21). The average Bonchev–Trinajstić information content (AvgIpc) is 2.85. The van der Waals surface area contributed by atoms with E-state index in [0.29, 0.717) is 12.2 Å². The van der Waals surface area contributed by atoms with Crippen molar-refractivity contribution < 1.29 is 4.79 Å². The Labute approximate surface area is 123 Å². The molecule has 0 bridgehead atoms. The molecule has 0 aliphatic heterocycles. The number of para-hydroxylation sites is 2. The molecule has 1 amide bonds. The van der Waals surface area contributed by atoms with Crippen LogP contribution in [-0.2, 0) is 12.8 Å². The van der Waals surface area contributed by atoms with Crippen LogP contribution >= 0.6 is 0 Å². The summed E-state index contributed by atoms with van der Waals surface area (Å²) in [6.45, 7) is 2.07. The molecule has 0 aliphatic rings. The number of benzene rings is 2. The van der Waals surface area contributed by atoms with Crippen LogP contribution in [-0.4, -0.2) is 15.6 Å². The van der Waals surface area contributed by atoms with Gasteiger partial charge in [-0.2, -0.15) is 0 Å². The van der Waals surface area contributed by atoms with E-state index in [9.17, 15) is 4.79 Å². The Morgan fingerprint density at radius 3 is 2.52 bits per heavy atom. The van der Waals surface area contributed by atoms with Gasteiger partial charge in [-0.25, -0.2) is 14.3 Å². The summed E-state index contributed by atoms with van der Waals surface area (Å²) in [7, 11) is 0. The van der Waals surface area contributed by atoms with Crippen LogP contribution < -0.4 is 5.73 Å². The van der Waals surface area contributed by atoms with E-state index in [0.717, 1.165) is 17.5 Å². The lowest BCUT2D eigenvalue weighted by molar-refractivity contribution is 0.250. The molecule has 3 rings (SSSR count). The predicted molar refractivity (Wildman–Crippen MR) is 83.3 cm³/mol. The van der Waals surface area contributed by atoms with E-state index in [4.69, 9.17) is 5.73 Å². The number of hydrogen-bond acceptors (Lipinski definition) is 2. The van der Waals surface area contributed by atoms with Gasteiger partial charge in [0.15, 0.2) is 0 Å². The number of nitrogens with two attached hydrogens (primary N) is 1. The lowest BCUT2D eigenvalue weighted by Gasteiger charge is -2.05. The number of aromatic nitrogens is 2. The van der Waals surface area contributed by atoms with Crippen LogP contribution in [0.2, 0.25) is 0 Å². The summed E-state index contributed by atoms with van der Waals surface area (Å²) in [5.41, 5.74) is 9.53. The molecular formula is C17H17N3O. The molecule has 0 spiro atoms. The molecule has 0 radical (unpaired) electrons. The Bertz CT molecular complexity index is 787. The van der Waals surface area contributed by atoms with Crippen molar-refractivity contribution in [1.29, 1.82) is 0 Å². The summed E-state index contributed by atoms with van der Waals surface area (Å²) in [6.07, 6.45) is 1.51. The Morgan fingerprint density at radius 1 is 1.10 bits per heavy atom. The Kier molecular flexibility index (Phi) is 3.44. The molecule has 106 valence electrons. The second-order valence-corrected chi connectivity index (χ2v) is 5.18. The highest BCUT2D eigenvalue weighted by atomic mass is 16.2. The largest absolute Gasteiger partial charge is 0.351 e. The molecule has 1 heterocycles. The molecule has 2 aromatic carbocycles. The number of rotatable bonds is 3. The van der Waals surface area contributed by atoms with Gasteiger partial charge in [0.1, 0.15) is 5.82 Å². The Morgan fingerprint density at radius 2 is 1.81 bits per heavy atom. The number of fused-ring (bicyclic) bond motifs is 1. The molecule has 0 fully saturated rings. The first-order valence-electron chi connectivity index (χ1n) is 6.97. The van der Waals surface area contributed by atoms with E-state index in [1.165, 1.54) is 15.7 Å². The number of carbonyl (C=O) groups excluding carboxylic acids is 1. The van der Waals surface area contributed by atoms with Gasteiger partial charge in [0.05, 0.1) is 11.0 Å². The zero-order chi connectivity index (χ0) is 14.8. The van der Waals surface area contributed by atoms with E-state index in [1.807, 2.05) is 24.3 Å². The van der Waals surface area contributed by atoms with Crippen LogP contribution in [0.4, 0.5) is 4.79 Å². The maximum Gasteiger partial charge on any atom is 0.324 e. The van der Waals surface area contributed by atoms with Crippen LogP contribution in [0.1, 0.15) is 17.0 Å². The van der Waals surface area contributed by atoms with Crippen molar-refractivity contribution in [3.8, 4) is 0 Å². The first kappa shape index (κ1) is 13.4. The van der Waals surface area contributed by atoms with Crippen molar-refractivity contribution in [2.75, 3.05) is 0 Å². The maximum atomic E-state index is 11.7. The Hall–Kier alpha value is -2.62. The van der Waals surface area contributed by atoms with Crippen molar-refractivity contribution in [2.24, 2.45) is 5.73 Å². The van der Waals surface area contributed by atoms with Crippen molar-refractivity contribution in [2.45, 2.75) is 19.8 Å². The number of aryl methyl sites for hydroxylation is 3. The summed E-state index contributed by atoms with van der Waals surface area (Å²) in [6, 6.07) is 15.4. The minimum Gasteiger partial charge on any atom is -0.351 e. The number of amides is 1. The normalized spacial score (nSPS) is 10.9. The van der Waals surface area contributed by atoms with Gasteiger partial charge in [-0.15, -0.1) is 0 Å². The molecule has 0 saturated carbocycles. The average molecular weight is 279 g/mol. The predicted octanol–water partition coefficient (Wildman–Crippen LogP) is 3.06. The summed E-state index contributed by atoms with van der Waals surface area (Å²) in [4.78, 5) is 16.2. The highest BCUT2D eigenvalue weighted by Crippen LogP contribution is 2.17. The fraction of sp³-hybridized carbons (Fsp3) is 0.176. The van der Waals surface area contributed by atoms with Crippen LogP contribution in [0.25, 0.3) is 11.0 Å². The molecule has 21 heavy (non-hydrogen) atoms. The highest BCUT2D eigenvalue weighted by molar-refractivity contribution is 5.89. The summed E-state index contributed by atoms with van der Waals surface area (Å²) >= 11 is 0. The van der Waals surface area contributed by atoms with Crippen LogP contribution in [0.3, 0.4) is 0 Å². The first-order chi connectivity index (χ1) is 10.1. The van der Waals surface area contributed by atoms with E-state index in [2.05, 4.69) is 36.2 Å². The van der Waals surface area contributed by atoms with Gasteiger partial charge in [0.25, 0.3) is 0 Å². The lowest BCUT2D eigenvalue weighted by atomic mass is 10.1. The fourth-order valence-corrected chi connectivity index (χ4v) is 2.50. The van der Waals surface area contributed by atoms with Crippen LogP contribution in [0.15, 0.2) is 48.5 Å². The fourth-order valence-electron chi connectivity index (χ4n) is 2.50. The second-order valence-electron chi connectivity index (χ2n) is 5.18. The number of nitrogens with zero attached hydrogens (tertiary/aromatic N) is 2. The van der Waals surface area contributed by atoms with Crippen molar-refractivity contribution >= 4 is 17.1 Å². The third-order valence-electron chi connectivity index (χ3n) is 3.61. The molecule has 0 unspecified atom stereocenters. The van der Waals surface area contributed by atoms with Crippen molar-refractivity contribution in [1.82, 2.24) is 9.55 Å². The van der Waals surface area contributed by atoms with Gasteiger partial charge < -0.3 is 5.73 Å². The molecule has 4 heteroatoms. The first-order valence-corrected chi connectivity index (χ1v) is 6.97. The third kappa shape index (κ3) is 2.65. The summed E-state index contributed by atoms with van der Waals surface area (Å²) in [5.74, 6) is 0.712. The quantitative estimate of drug-likeness (QED) is 0.801. The molecule has 3 aromatic rings. The lowest BCUT2D eigenvalue weighted by Crippen LogP contribution is -2.22. The summed E-state index contributed by atoms with van der Waals surface area (Å²) < 4.78 is 1.50. The van der Waals surface area contributed by atoms with Gasteiger partial charge in [-0.3, -0.25) is 0 Å². The number of carbonyl (C=O) groups is 1. The monoisotopic (exact) mass is 279 g/mol. The molecule has 0 aliphatic carbocycles. The van der Waals surface area contributed by atoms with Crippen molar-refractivity contribution in [3.05, 3.63) is 65.5 Å². The molecule has 0 saturated heterocycles. The Balaban J connectivity index is 1.91. The van der Waals surface area contributed by atoms with Crippen LogP contribution in [0, 0.1) is 6.92 Å². The molecule has 0 atom stereocenters. The minimum absolute atomic E-state index is 0.484. The van der Waals surface area contributed by atoms with E-state index in [1.54, 1.807) is 0 Å². The van der Waals surface area contributed by atoms with Crippen molar-refractivity contribution in [3.63, 3.8) is 0 Å². The molecule has 4 nitrogen and oxygen atoms in total. The van der Waals surface area contributed by atoms with E-state index >= 15 is 0 Å². The number of primary amides is 1. The SMILES string of the molecule is Cc1ccc(CCc2nc3ccccc3n2C(N)=O)cc1. The summed E-state index contributed by atoms with van der Waals surface area (Å²) in [5, 5.41) is 0.